The predicted molar refractivity (Wildman–Crippen MR) is 44.9 cm³/mol. The molecular formula is C7H10N4O2. The highest BCUT2D eigenvalue weighted by Crippen LogP contribution is 1.89. The van der Waals surface area contributed by atoms with Gasteiger partial charge in [-0.05, 0) is 6.92 Å². The van der Waals surface area contributed by atoms with E-state index in [4.69, 9.17) is 5.73 Å². The minimum atomic E-state index is -0.534. The van der Waals surface area contributed by atoms with Gasteiger partial charge in [0.2, 0.25) is 5.91 Å². The van der Waals surface area contributed by atoms with Crippen molar-refractivity contribution in [2.75, 3.05) is 0 Å². The van der Waals surface area contributed by atoms with Gasteiger partial charge in [-0.2, -0.15) is 10.1 Å². The monoisotopic (exact) mass is 182 g/mol. The molecule has 2 N–H and O–H groups in total. The molecule has 1 aromatic rings. The van der Waals surface area contributed by atoms with Crippen molar-refractivity contribution < 1.29 is 4.79 Å². The van der Waals surface area contributed by atoms with E-state index in [0.29, 0.717) is 5.69 Å². The summed E-state index contributed by atoms with van der Waals surface area (Å²) in [6, 6.07) is 0. The number of nitrogens with zero attached hydrogens (tertiary/aromatic N) is 3. The lowest BCUT2D eigenvalue weighted by molar-refractivity contribution is -0.117. The van der Waals surface area contributed by atoms with Crippen molar-refractivity contribution in [2.24, 2.45) is 12.8 Å². The van der Waals surface area contributed by atoms with Gasteiger partial charge in [0.05, 0.1) is 6.42 Å². The van der Waals surface area contributed by atoms with Gasteiger partial charge in [0, 0.05) is 7.05 Å². The van der Waals surface area contributed by atoms with E-state index >= 15 is 0 Å². The molecule has 13 heavy (non-hydrogen) atoms. The number of nitrogens with two attached hydrogens (primary N) is 1. The predicted octanol–water partition coefficient (Wildman–Crippen LogP) is -1.49. The zero-order chi connectivity index (χ0) is 10.0. The van der Waals surface area contributed by atoms with Crippen LogP contribution in [0.15, 0.2) is 4.79 Å². The van der Waals surface area contributed by atoms with Crippen LogP contribution in [0.25, 0.3) is 0 Å². The van der Waals surface area contributed by atoms with Crippen LogP contribution in [0, 0.1) is 6.92 Å². The van der Waals surface area contributed by atoms with Crippen LogP contribution in [-0.2, 0) is 18.3 Å². The lowest BCUT2D eigenvalue weighted by atomic mass is 10.4. The number of aromatic nitrogens is 3. The van der Waals surface area contributed by atoms with E-state index in [1.165, 1.54) is 4.68 Å². The number of hydrogen-bond acceptors (Lipinski definition) is 4. The number of carbonyl (C=O) groups excluding carboxylic acids is 1. The summed E-state index contributed by atoms with van der Waals surface area (Å²) < 4.78 is 1.38. The Hall–Kier alpha value is -1.72. The Morgan fingerprint density at radius 3 is 2.77 bits per heavy atom. The Balaban J connectivity index is 3.16. The zero-order valence-electron chi connectivity index (χ0n) is 7.44. The summed E-state index contributed by atoms with van der Waals surface area (Å²) in [7, 11) is 1.61. The largest absolute Gasteiger partial charge is 0.369 e. The Bertz CT molecular complexity index is 396. The standard InChI is InChI=1S/C7H10N4O2/c1-4-7(13)9-6(3-5(8)12)11(2)10-4/h3H2,1-2H3,(H2,8,12). The van der Waals surface area contributed by atoms with E-state index in [0.717, 1.165) is 0 Å². The molecule has 0 saturated carbocycles. The van der Waals surface area contributed by atoms with Gasteiger partial charge >= 0.3 is 0 Å². The summed E-state index contributed by atoms with van der Waals surface area (Å²) in [6.45, 7) is 1.56. The van der Waals surface area contributed by atoms with Crippen LogP contribution in [-0.4, -0.2) is 20.7 Å². The molecule has 0 aliphatic heterocycles. The Morgan fingerprint density at radius 1 is 1.62 bits per heavy atom. The highest BCUT2D eigenvalue weighted by atomic mass is 16.1. The lowest BCUT2D eigenvalue weighted by Crippen LogP contribution is -2.25. The number of hydrogen-bond donors (Lipinski definition) is 1. The molecule has 6 nitrogen and oxygen atoms in total. The molecule has 0 aliphatic rings. The third-order valence-corrected chi connectivity index (χ3v) is 1.55. The smallest absolute Gasteiger partial charge is 0.294 e. The van der Waals surface area contributed by atoms with E-state index in [2.05, 4.69) is 10.1 Å². The highest BCUT2D eigenvalue weighted by molar-refractivity contribution is 5.75. The minimum Gasteiger partial charge on any atom is -0.369 e. The molecular weight excluding hydrogens is 172 g/mol. The van der Waals surface area contributed by atoms with E-state index in [1.807, 2.05) is 0 Å². The summed E-state index contributed by atoms with van der Waals surface area (Å²) in [5.74, 6) is -0.253. The van der Waals surface area contributed by atoms with E-state index in [1.54, 1.807) is 14.0 Å². The Morgan fingerprint density at radius 2 is 2.23 bits per heavy atom. The van der Waals surface area contributed by atoms with Gasteiger partial charge in [0.1, 0.15) is 11.5 Å². The second-order valence-corrected chi connectivity index (χ2v) is 2.69. The quantitative estimate of drug-likeness (QED) is 0.603. The van der Waals surface area contributed by atoms with Crippen LogP contribution in [0.4, 0.5) is 0 Å². The maximum absolute atomic E-state index is 11.0. The van der Waals surface area contributed by atoms with Crippen molar-refractivity contribution in [3.63, 3.8) is 0 Å². The first-order valence-corrected chi connectivity index (χ1v) is 3.70. The summed E-state index contributed by atoms with van der Waals surface area (Å²) >= 11 is 0. The van der Waals surface area contributed by atoms with Crippen molar-refractivity contribution in [1.82, 2.24) is 14.8 Å². The minimum absolute atomic E-state index is 0.0704. The van der Waals surface area contributed by atoms with Gasteiger partial charge in [0.15, 0.2) is 0 Å². The van der Waals surface area contributed by atoms with Crippen molar-refractivity contribution >= 4 is 5.91 Å². The number of carbonyl (C=O) groups is 1. The third kappa shape index (κ3) is 2.11. The Labute approximate surface area is 74.4 Å². The SMILES string of the molecule is Cc1nn(C)c(CC(N)=O)nc1=O. The van der Waals surface area contributed by atoms with Gasteiger partial charge in [-0.3, -0.25) is 14.3 Å². The van der Waals surface area contributed by atoms with Crippen molar-refractivity contribution in [1.29, 1.82) is 0 Å². The van der Waals surface area contributed by atoms with Gasteiger partial charge in [-0.1, -0.05) is 0 Å². The fourth-order valence-corrected chi connectivity index (χ4v) is 0.906. The van der Waals surface area contributed by atoms with Crippen molar-refractivity contribution in [3.05, 3.63) is 21.9 Å². The summed E-state index contributed by atoms with van der Waals surface area (Å²) in [4.78, 5) is 25.2. The third-order valence-electron chi connectivity index (χ3n) is 1.55. The first-order valence-electron chi connectivity index (χ1n) is 3.70. The van der Waals surface area contributed by atoms with Crippen LogP contribution >= 0.6 is 0 Å². The van der Waals surface area contributed by atoms with Crippen LogP contribution < -0.4 is 11.3 Å². The van der Waals surface area contributed by atoms with Gasteiger partial charge in [-0.25, -0.2) is 0 Å². The topological polar surface area (TPSA) is 90.9 Å². The average molecular weight is 182 g/mol. The first kappa shape index (κ1) is 9.37. The maximum Gasteiger partial charge on any atom is 0.294 e. The van der Waals surface area contributed by atoms with Crippen molar-refractivity contribution in [2.45, 2.75) is 13.3 Å². The molecule has 0 bridgehead atoms. The molecule has 0 radical (unpaired) electrons. The van der Waals surface area contributed by atoms with Crippen molar-refractivity contribution in [3.8, 4) is 0 Å². The van der Waals surface area contributed by atoms with Gasteiger partial charge in [0.25, 0.3) is 5.56 Å². The molecule has 0 spiro atoms. The number of rotatable bonds is 2. The van der Waals surface area contributed by atoms with Gasteiger partial charge in [-0.15, -0.1) is 0 Å². The zero-order valence-corrected chi connectivity index (χ0v) is 7.44. The fourth-order valence-electron chi connectivity index (χ4n) is 0.906. The fraction of sp³-hybridized carbons (Fsp3) is 0.429. The van der Waals surface area contributed by atoms with Crippen LogP contribution in [0.1, 0.15) is 11.5 Å². The second-order valence-electron chi connectivity index (χ2n) is 2.69. The number of primary amides is 1. The summed E-state index contributed by atoms with van der Waals surface area (Å²) in [6.07, 6.45) is -0.0704. The second kappa shape index (κ2) is 3.34. The molecule has 1 heterocycles. The van der Waals surface area contributed by atoms with Gasteiger partial charge < -0.3 is 5.73 Å². The molecule has 0 atom stereocenters. The van der Waals surface area contributed by atoms with Crippen LogP contribution in [0.5, 0.6) is 0 Å². The summed E-state index contributed by atoms with van der Waals surface area (Å²) in [5.41, 5.74) is 4.84. The molecule has 1 amide bonds. The molecule has 0 aliphatic carbocycles. The van der Waals surface area contributed by atoms with Crippen LogP contribution in [0.3, 0.4) is 0 Å². The van der Waals surface area contributed by atoms with E-state index in [9.17, 15) is 9.59 Å². The molecule has 1 aromatic heterocycles. The molecule has 0 aromatic carbocycles. The molecule has 6 heteroatoms. The molecule has 70 valence electrons. The molecule has 0 unspecified atom stereocenters. The first-order chi connectivity index (χ1) is 6.00. The number of aryl methyl sites for hydroxylation is 2. The molecule has 0 fully saturated rings. The highest BCUT2D eigenvalue weighted by Gasteiger charge is 2.06. The number of amides is 1. The van der Waals surface area contributed by atoms with Crippen LogP contribution in [0.2, 0.25) is 0 Å². The lowest BCUT2D eigenvalue weighted by Gasteiger charge is -2.03. The van der Waals surface area contributed by atoms with E-state index in [-0.39, 0.29) is 12.2 Å². The molecule has 1 rings (SSSR count). The average Bonchev–Trinajstić information content (AvgIpc) is 1.99. The Kier molecular flexibility index (Phi) is 2.41. The molecule has 0 saturated heterocycles. The van der Waals surface area contributed by atoms with E-state index < -0.39 is 11.5 Å². The maximum atomic E-state index is 11.0. The summed E-state index contributed by atoms with van der Waals surface area (Å²) in [5, 5.41) is 3.86. The normalized spacial score (nSPS) is 10.0.